The molecular weight excluding hydrogens is 228 g/mol. The lowest BCUT2D eigenvalue weighted by Gasteiger charge is -1.91. The van der Waals surface area contributed by atoms with Crippen LogP contribution in [0.4, 0.5) is 0 Å². The lowest BCUT2D eigenvalue weighted by molar-refractivity contribution is 0.945. The quantitative estimate of drug-likeness (QED) is 0.478. The van der Waals surface area contributed by atoms with Crippen LogP contribution in [0.15, 0.2) is 29.4 Å². The molecule has 0 radical (unpaired) electrons. The molecule has 0 atom stereocenters. The third-order valence-corrected chi connectivity index (χ3v) is 3.60. The number of para-hydroxylation sites is 1. The maximum absolute atomic E-state index is 8.64. The summed E-state index contributed by atoms with van der Waals surface area (Å²) in [6.07, 6.45) is 0. The first-order chi connectivity index (χ1) is 7.40. The number of hydrogen-bond donors (Lipinski definition) is 0. The van der Waals surface area contributed by atoms with Crippen molar-refractivity contribution in [3.63, 3.8) is 0 Å². The van der Waals surface area contributed by atoms with Crippen molar-refractivity contribution in [2.75, 3.05) is 0 Å². The Morgan fingerprint density at radius 1 is 1.33 bits per heavy atom. The monoisotopic (exact) mass is 232 g/mol. The van der Waals surface area contributed by atoms with Gasteiger partial charge < -0.3 is 0 Å². The summed E-state index contributed by atoms with van der Waals surface area (Å²) in [5, 5.41) is 19.3. The van der Waals surface area contributed by atoms with E-state index in [1.54, 1.807) is 11.3 Å². The topological polar surface area (TPSA) is 54.0 Å². The van der Waals surface area contributed by atoms with Crippen LogP contribution in [0.5, 0.6) is 0 Å². The molecule has 0 fully saturated rings. The van der Waals surface area contributed by atoms with Gasteiger partial charge in [-0.25, -0.2) is 0 Å². The zero-order valence-electron chi connectivity index (χ0n) is 7.41. The molecule has 0 saturated carbocycles. The number of aromatic nitrogens is 3. The van der Waals surface area contributed by atoms with Gasteiger partial charge in [-0.2, -0.15) is 5.26 Å². The molecule has 72 valence electrons. The van der Waals surface area contributed by atoms with Gasteiger partial charge in [0.15, 0.2) is 0 Å². The highest BCUT2D eigenvalue weighted by Gasteiger charge is 2.11. The van der Waals surface area contributed by atoms with Crippen molar-refractivity contribution < 1.29 is 0 Å². The molecule has 0 bridgehead atoms. The van der Waals surface area contributed by atoms with E-state index in [1.165, 1.54) is 0 Å². The molecule has 0 aliphatic rings. The van der Waals surface area contributed by atoms with Gasteiger partial charge >= 0.3 is 0 Å². The van der Waals surface area contributed by atoms with Gasteiger partial charge in [0.25, 0.3) is 0 Å². The summed E-state index contributed by atoms with van der Waals surface area (Å²) in [5.41, 5.74) is 1.06. The molecule has 0 unspecified atom stereocenters. The Balaban J connectivity index is 2.45. The van der Waals surface area contributed by atoms with Gasteiger partial charge in [-0.05, 0) is 12.1 Å². The average Bonchev–Trinajstić information content (AvgIpc) is 2.78. The van der Waals surface area contributed by atoms with E-state index in [9.17, 15) is 0 Å². The molecule has 0 aliphatic heterocycles. The summed E-state index contributed by atoms with van der Waals surface area (Å²) in [6.45, 7) is 0. The minimum atomic E-state index is 0.630. The van der Waals surface area contributed by atoms with Crippen molar-refractivity contribution >= 4 is 38.3 Å². The number of benzene rings is 1. The number of nitrogens with zero attached hydrogens (tertiary/aromatic N) is 4. The van der Waals surface area contributed by atoms with E-state index in [4.69, 9.17) is 5.26 Å². The summed E-state index contributed by atoms with van der Waals surface area (Å²) in [7, 11) is 0. The Labute approximate surface area is 93.2 Å². The van der Waals surface area contributed by atoms with E-state index in [0.29, 0.717) is 5.16 Å². The lowest BCUT2D eigenvalue weighted by Crippen LogP contribution is -1.82. The highest BCUT2D eigenvalue weighted by atomic mass is 32.2. The van der Waals surface area contributed by atoms with Gasteiger partial charge in [0, 0.05) is 11.8 Å². The molecule has 3 aromatic rings. The second kappa shape index (κ2) is 3.22. The highest BCUT2D eigenvalue weighted by Crippen LogP contribution is 2.28. The third-order valence-electron chi connectivity index (χ3n) is 2.05. The van der Waals surface area contributed by atoms with Crippen LogP contribution in [0.1, 0.15) is 0 Å². The fourth-order valence-electron chi connectivity index (χ4n) is 1.46. The molecule has 0 N–H and O–H groups in total. The Morgan fingerprint density at radius 2 is 2.20 bits per heavy atom. The summed E-state index contributed by atoms with van der Waals surface area (Å²) in [5.74, 6) is 0. The van der Waals surface area contributed by atoms with Crippen LogP contribution in [0, 0.1) is 10.7 Å². The largest absolute Gasteiger partial charge is 0.260 e. The first-order valence-electron chi connectivity index (χ1n) is 4.19. The fraction of sp³-hybridized carbons (Fsp3) is 0. The first-order valence-corrected chi connectivity index (χ1v) is 5.82. The SMILES string of the molecule is N#CSc1nnc2sc3ccccc3n12. The normalized spacial score (nSPS) is 10.9. The number of thiazole rings is 1. The zero-order chi connectivity index (χ0) is 10.3. The van der Waals surface area contributed by atoms with Crippen molar-refractivity contribution in [1.29, 1.82) is 5.26 Å². The van der Waals surface area contributed by atoms with Crippen LogP contribution in [-0.4, -0.2) is 14.6 Å². The molecule has 3 rings (SSSR count). The van der Waals surface area contributed by atoms with E-state index < -0.39 is 0 Å². The van der Waals surface area contributed by atoms with Crippen molar-refractivity contribution in [2.45, 2.75) is 5.16 Å². The van der Waals surface area contributed by atoms with Crippen LogP contribution in [0.25, 0.3) is 15.2 Å². The number of fused-ring (bicyclic) bond motifs is 3. The van der Waals surface area contributed by atoms with Crippen molar-refractivity contribution in [3.05, 3.63) is 24.3 Å². The number of nitriles is 1. The Kier molecular flexibility index (Phi) is 1.87. The molecule has 2 aromatic heterocycles. The van der Waals surface area contributed by atoms with Crippen LogP contribution >= 0.6 is 23.1 Å². The number of thiocyanates is 1. The van der Waals surface area contributed by atoms with E-state index in [0.717, 1.165) is 26.9 Å². The maximum atomic E-state index is 8.64. The van der Waals surface area contributed by atoms with E-state index in [1.807, 2.05) is 34.1 Å². The van der Waals surface area contributed by atoms with Gasteiger partial charge in [-0.15, -0.1) is 10.2 Å². The molecule has 1 aromatic carbocycles. The standard InChI is InChI=1S/C9H4N4S2/c10-5-14-8-11-12-9-13(8)6-3-1-2-4-7(6)15-9/h1-4H. The van der Waals surface area contributed by atoms with Crippen LogP contribution in [0.2, 0.25) is 0 Å². The van der Waals surface area contributed by atoms with Crippen molar-refractivity contribution in [2.24, 2.45) is 0 Å². The lowest BCUT2D eigenvalue weighted by atomic mass is 10.3. The molecule has 15 heavy (non-hydrogen) atoms. The minimum Gasteiger partial charge on any atom is -0.260 e. The molecule has 4 nitrogen and oxygen atoms in total. The fourth-order valence-corrected chi connectivity index (χ4v) is 2.92. The summed E-state index contributed by atoms with van der Waals surface area (Å²) >= 11 is 2.61. The summed E-state index contributed by atoms with van der Waals surface area (Å²) < 4.78 is 3.07. The number of hydrogen-bond acceptors (Lipinski definition) is 5. The van der Waals surface area contributed by atoms with Crippen LogP contribution < -0.4 is 0 Å². The smallest absolute Gasteiger partial charge is 0.217 e. The van der Waals surface area contributed by atoms with Gasteiger partial charge in [0.05, 0.1) is 10.2 Å². The van der Waals surface area contributed by atoms with Gasteiger partial charge in [0.1, 0.15) is 5.40 Å². The number of thioether (sulfide) groups is 1. The maximum Gasteiger partial charge on any atom is 0.217 e. The number of rotatable bonds is 1. The summed E-state index contributed by atoms with van der Waals surface area (Å²) in [6, 6.07) is 8.00. The van der Waals surface area contributed by atoms with Crippen molar-refractivity contribution in [3.8, 4) is 5.40 Å². The molecule has 6 heteroatoms. The van der Waals surface area contributed by atoms with Crippen LogP contribution in [-0.2, 0) is 0 Å². The molecule has 0 saturated heterocycles. The minimum absolute atomic E-state index is 0.630. The molecule has 0 amide bonds. The predicted molar refractivity (Wildman–Crippen MR) is 59.8 cm³/mol. The third kappa shape index (κ3) is 1.21. The van der Waals surface area contributed by atoms with E-state index in [2.05, 4.69) is 10.2 Å². The van der Waals surface area contributed by atoms with Crippen molar-refractivity contribution in [1.82, 2.24) is 14.6 Å². The van der Waals surface area contributed by atoms with E-state index in [-0.39, 0.29) is 0 Å². The zero-order valence-corrected chi connectivity index (χ0v) is 9.05. The molecule has 2 heterocycles. The summed E-state index contributed by atoms with van der Waals surface area (Å²) in [4.78, 5) is 0.828. The molecule has 0 spiro atoms. The Morgan fingerprint density at radius 3 is 3.07 bits per heavy atom. The average molecular weight is 232 g/mol. The van der Waals surface area contributed by atoms with Crippen LogP contribution in [0.3, 0.4) is 0 Å². The Hall–Kier alpha value is -1.58. The Bertz CT molecular complexity index is 676. The highest BCUT2D eigenvalue weighted by molar-refractivity contribution is 8.03. The second-order valence-corrected chi connectivity index (χ2v) is 4.62. The van der Waals surface area contributed by atoms with Gasteiger partial charge in [-0.1, -0.05) is 23.5 Å². The molecular formula is C9H4N4S2. The van der Waals surface area contributed by atoms with Gasteiger partial charge in [-0.3, -0.25) is 4.40 Å². The molecule has 0 aliphatic carbocycles. The first kappa shape index (κ1) is 8.71. The van der Waals surface area contributed by atoms with E-state index >= 15 is 0 Å². The second-order valence-electron chi connectivity index (χ2n) is 2.86. The predicted octanol–water partition coefficient (Wildman–Crippen LogP) is 2.52. The van der Waals surface area contributed by atoms with Gasteiger partial charge in [0.2, 0.25) is 10.1 Å².